The normalized spacial score (nSPS) is 12.7. The van der Waals surface area contributed by atoms with Crippen molar-refractivity contribution in [2.75, 3.05) is 6.61 Å². The maximum absolute atomic E-state index is 12.5. The molecule has 0 aliphatic heterocycles. The van der Waals surface area contributed by atoms with Gasteiger partial charge in [-0.2, -0.15) is 0 Å². The van der Waals surface area contributed by atoms with Crippen LogP contribution >= 0.6 is 0 Å². The Bertz CT molecular complexity index is 803. The van der Waals surface area contributed by atoms with E-state index in [2.05, 4.69) is 19.2 Å². The van der Waals surface area contributed by atoms with Crippen LogP contribution in [0.4, 0.5) is 0 Å². The Morgan fingerprint density at radius 3 is 0.738 bits per heavy atom. The highest BCUT2D eigenvalue weighted by Crippen LogP contribution is 2.19. The average molecular weight is 863 g/mol. The highest BCUT2D eigenvalue weighted by molar-refractivity contribution is 5.76. The van der Waals surface area contributed by atoms with E-state index in [-0.39, 0.29) is 12.5 Å². The van der Waals surface area contributed by atoms with Gasteiger partial charge in [-0.25, -0.2) is 0 Å². The van der Waals surface area contributed by atoms with Gasteiger partial charge in [-0.1, -0.05) is 322 Å². The summed E-state index contributed by atoms with van der Waals surface area (Å²) in [6.07, 6.45) is 68.2. The third-order valence-electron chi connectivity index (χ3n) is 13.9. The second-order valence-corrected chi connectivity index (χ2v) is 20.1. The van der Waals surface area contributed by atoms with E-state index in [1.54, 1.807) is 0 Å². The summed E-state index contributed by atoms with van der Waals surface area (Å²) < 4.78 is 0. The highest BCUT2D eigenvalue weighted by Gasteiger charge is 2.20. The smallest absolute Gasteiger partial charge is 0.220 e. The fourth-order valence-electron chi connectivity index (χ4n) is 9.48. The summed E-state index contributed by atoms with van der Waals surface area (Å²) in [6.45, 7) is 4.40. The maximum Gasteiger partial charge on any atom is 0.220 e. The first-order valence-corrected chi connectivity index (χ1v) is 28.7. The predicted molar refractivity (Wildman–Crippen MR) is 272 cm³/mol. The molecule has 0 spiro atoms. The van der Waals surface area contributed by atoms with E-state index in [4.69, 9.17) is 0 Å². The number of carbonyl (C=O) groups excluding carboxylic acids is 1. The van der Waals surface area contributed by atoms with Crippen LogP contribution in [0, 0.1) is 0 Å². The molecule has 4 nitrogen and oxygen atoms in total. The lowest BCUT2D eigenvalue weighted by Crippen LogP contribution is -2.45. The molecule has 366 valence electrons. The molecule has 1 amide bonds. The number of aliphatic hydroxyl groups is 2. The maximum atomic E-state index is 12.5. The summed E-state index contributed by atoms with van der Waals surface area (Å²) in [4.78, 5) is 12.5. The lowest BCUT2D eigenvalue weighted by atomic mass is 10.0. The third kappa shape index (κ3) is 50.3. The van der Waals surface area contributed by atoms with E-state index >= 15 is 0 Å². The minimum atomic E-state index is -0.654. The Morgan fingerprint density at radius 2 is 0.525 bits per heavy atom. The fourth-order valence-corrected chi connectivity index (χ4v) is 9.48. The van der Waals surface area contributed by atoms with Gasteiger partial charge in [0.2, 0.25) is 5.91 Å². The van der Waals surface area contributed by atoms with Crippen molar-refractivity contribution in [3.63, 3.8) is 0 Å². The van der Waals surface area contributed by atoms with Crippen molar-refractivity contribution < 1.29 is 15.0 Å². The van der Waals surface area contributed by atoms with Crippen LogP contribution in [0.1, 0.15) is 341 Å². The van der Waals surface area contributed by atoms with Gasteiger partial charge in [-0.15, -0.1) is 0 Å². The molecule has 0 aromatic carbocycles. The minimum Gasteiger partial charge on any atom is -0.394 e. The molecule has 61 heavy (non-hydrogen) atoms. The summed E-state index contributed by atoms with van der Waals surface area (Å²) >= 11 is 0. The number of unbranched alkanes of at least 4 members (excludes halogenated alkanes) is 47. The third-order valence-corrected chi connectivity index (χ3v) is 13.9. The van der Waals surface area contributed by atoms with Crippen LogP contribution in [0.5, 0.6) is 0 Å². The van der Waals surface area contributed by atoms with Crippen LogP contribution in [-0.4, -0.2) is 34.9 Å². The van der Waals surface area contributed by atoms with E-state index in [0.717, 1.165) is 25.7 Å². The van der Waals surface area contributed by atoms with Gasteiger partial charge in [0, 0.05) is 6.42 Å². The number of hydrogen-bond donors (Lipinski definition) is 3. The Labute approximate surface area is 384 Å². The molecule has 0 heterocycles. The standard InChI is InChI=1S/C57H115NO3/c1-3-5-7-9-11-13-15-17-19-21-22-23-24-25-26-27-28-29-30-31-32-33-34-35-37-39-41-43-45-47-49-51-53-57(61)58-55(54-59)56(60)52-50-48-46-44-42-40-38-36-20-18-16-14-12-10-8-6-4-2/h55-56,59-60H,3-54H2,1-2H3,(H,58,61). The van der Waals surface area contributed by atoms with Crippen molar-refractivity contribution in [3.8, 4) is 0 Å². The van der Waals surface area contributed by atoms with E-state index in [1.165, 1.54) is 289 Å². The Hall–Kier alpha value is -0.610. The Kier molecular flexibility index (Phi) is 53.2. The molecule has 0 saturated heterocycles. The topological polar surface area (TPSA) is 69.6 Å². The second kappa shape index (κ2) is 53.7. The number of carbonyl (C=O) groups is 1. The molecule has 0 aliphatic carbocycles. The molecule has 3 N–H and O–H groups in total. The largest absolute Gasteiger partial charge is 0.394 e. The van der Waals surface area contributed by atoms with Gasteiger partial charge in [0.15, 0.2) is 0 Å². The van der Waals surface area contributed by atoms with Crippen LogP contribution in [0.25, 0.3) is 0 Å². The van der Waals surface area contributed by atoms with Crippen molar-refractivity contribution in [2.45, 2.75) is 353 Å². The predicted octanol–water partition coefficient (Wildman–Crippen LogP) is 18.8. The zero-order valence-corrected chi connectivity index (χ0v) is 42.2. The first-order valence-electron chi connectivity index (χ1n) is 28.7. The van der Waals surface area contributed by atoms with Gasteiger partial charge in [-0.3, -0.25) is 4.79 Å². The molecule has 0 fully saturated rings. The molecule has 2 atom stereocenters. The van der Waals surface area contributed by atoms with Gasteiger partial charge in [0.25, 0.3) is 0 Å². The summed E-state index contributed by atoms with van der Waals surface area (Å²) in [5.74, 6) is -0.0221. The molecule has 0 aliphatic rings. The van der Waals surface area contributed by atoms with Crippen LogP contribution in [0.3, 0.4) is 0 Å². The van der Waals surface area contributed by atoms with Crippen molar-refractivity contribution in [1.82, 2.24) is 5.32 Å². The molecular formula is C57H115NO3. The van der Waals surface area contributed by atoms with Crippen molar-refractivity contribution in [3.05, 3.63) is 0 Å². The number of nitrogens with one attached hydrogen (secondary N) is 1. The van der Waals surface area contributed by atoms with Gasteiger partial charge >= 0.3 is 0 Å². The van der Waals surface area contributed by atoms with E-state index < -0.39 is 12.1 Å². The van der Waals surface area contributed by atoms with Crippen molar-refractivity contribution in [1.29, 1.82) is 0 Å². The zero-order valence-electron chi connectivity index (χ0n) is 42.2. The molecule has 0 aromatic rings. The molecule has 0 bridgehead atoms. The monoisotopic (exact) mass is 862 g/mol. The first kappa shape index (κ1) is 60.4. The molecule has 0 saturated carbocycles. The van der Waals surface area contributed by atoms with Crippen LogP contribution in [-0.2, 0) is 4.79 Å². The van der Waals surface area contributed by atoms with Crippen molar-refractivity contribution in [2.24, 2.45) is 0 Å². The zero-order chi connectivity index (χ0) is 44.2. The number of rotatable bonds is 54. The van der Waals surface area contributed by atoms with E-state index in [1.807, 2.05) is 0 Å². The van der Waals surface area contributed by atoms with E-state index in [0.29, 0.717) is 12.8 Å². The van der Waals surface area contributed by atoms with Gasteiger partial charge in [-0.05, 0) is 12.8 Å². The van der Waals surface area contributed by atoms with Crippen LogP contribution in [0.15, 0.2) is 0 Å². The van der Waals surface area contributed by atoms with Gasteiger partial charge in [0.1, 0.15) is 0 Å². The van der Waals surface area contributed by atoms with Crippen molar-refractivity contribution >= 4 is 5.91 Å². The summed E-state index contributed by atoms with van der Waals surface area (Å²) in [6, 6.07) is -0.531. The number of aliphatic hydroxyl groups excluding tert-OH is 2. The quantitative estimate of drug-likeness (QED) is 0.0534. The Morgan fingerprint density at radius 1 is 0.328 bits per heavy atom. The summed E-state index contributed by atoms with van der Waals surface area (Å²) in [5, 5.41) is 23.3. The van der Waals surface area contributed by atoms with Crippen LogP contribution in [0.2, 0.25) is 0 Å². The molecule has 4 heteroatoms. The second-order valence-electron chi connectivity index (χ2n) is 20.1. The molecule has 0 radical (unpaired) electrons. The average Bonchev–Trinajstić information content (AvgIpc) is 3.26. The molecule has 0 rings (SSSR count). The fraction of sp³-hybridized carbons (Fsp3) is 0.982. The molecule has 2 unspecified atom stereocenters. The highest BCUT2D eigenvalue weighted by atomic mass is 16.3. The molecule has 0 aromatic heterocycles. The van der Waals surface area contributed by atoms with Gasteiger partial charge in [0.05, 0.1) is 18.8 Å². The first-order chi connectivity index (χ1) is 30.2. The number of amides is 1. The number of hydrogen-bond acceptors (Lipinski definition) is 3. The van der Waals surface area contributed by atoms with Gasteiger partial charge < -0.3 is 15.5 Å². The molecular weight excluding hydrogens is 747 g/mol. The summed E-state index contributed by atoms with van der Waals surface area (Å²) in [7, 11) is 0. The Balaban J connectivity index is 3.36. The lowest BCUT2D eigenvalue weighted by Gasteiger charge is -2.22. The summed E-state index contributed by atoms with van der Waals surface area (Å²) in [5.41, 5.74) is 0. The van der Waals surface area contributed by atoms with Crippen LogP contribution < -0.4 is 5.32 Å². The minimum absolute atomic E-state index is 0.0221. The lowest BCUT2D eigenvalue weighted by molar-refractivity contribution is -0.123. The SMILES string of the molecule is CCCCCCCCCCCCCCCCCCCCCCCCCCCCCCCCCCC(=O)NC(CO)C(O)CCCCCCCCCCCCCCCCCCC. The van der Waals surface area contributed by atoms with E-state index in [9.17, 15) is 15.0 Å².